The maximum atomic E-state index is 11.2. The van der Waals surface area contributed by atoms with Gasteiger partial charge in [-0.2, -0.15) is 11.8 Å². The summed E-state index contributed by atoms with van der Waals surface area (Å²) in [6.45, 7) is -1.06. The number of ether oxygens (including phenoxy) is 9. The molecule has 5 fully saturated rings. The Morgan fingerprint density at radius 1 is 0.563 bits per heavy atom. The Morgan fingerprint density at radius 2 is 1.10 bits per heavy atom. The summed E-state index contributed by atoms with van der Waals surface area (Å²) in [6, 6.07) is -2.24. The van der Waals surface area contributed by atoms with Crippen LogP contribution in [0.3, 0.4) is 0 Å². The molecular weight excluding hydrogens is 1000 g/mol. The van der Waals surface area contributed by atoms with Gasteiger partial charge in [-0.25, -0.2) is 0 Å². The first-order valence-electron chi connectivity index (χ1n) is 23.2. The second-order valence-corrected chi connectivity index (χ2v) is 20.5. The largest absolute Gasteiger partial charge is 0.394 e. The van der Waals surface area contributed by atoms with Crippen molar-refractivity contribution >= 4 is 23.5 Å². The molecule has 5 heterocycles. The van der Waals surface area contributed by atoms with Crippen molar-refractivity contribution in [1.82, 2.24) is 5.32 Å². The van der Waals surface area contributed by atoms with Crippen LogP contribution in [0.2, 0.25) is 0 Å². The monoisotopic (exact) mass is 1070 g/mol. The van der Waals surface area contributed by atoms with E-state index < -0.39 is 197 Å². The van der Waals surface area contributed by atoms with Gasteiger partial charge in [0.15, 0.2) is 25.2 Å². The summed E-state index contributed by atoms with van der Waals surface area (Å²) < 4.78 is 51.1. The zero-order valence-corrected chi connectivity index (χ0v) is 40.0. The molecule has 6 rings (SSSR count). The summed E-state index contributed by atoms with van der Waals surface area (Å²) in [6.07, 6.45) is -37.5. The first kappa shape index (κ1) is 59.6. The fourth-order valence-corrected chi connectivity index (χ4v) is 11.0. The highest BCUT2D eigenvalue weighted by Crippen LogP contribution is 2.36. The summed E-state index contributed by atoms with van der Waals surface area (Å²) in [7, 11) is 0. The normalized spacial score (nSPS) is 48.9. The van der Waals surface area contributed by atoms with Crippen LogP contribution in [0.15, 0.2) is 11.6 Å². The van der Waals surface area contributed by atoms with E-state index >= 15 is 0 Å². The van der Waals surface area contributed by atoms with Crippen molar-refractivity contribution in [3.8, 4) is 0 Å². The third kappa shape index (κ3) is 13.9. The van der Waals surface area contributed by atoms with Crippen LogP contribution in [0.5, 0.6) is 0 Å². The maximum absolute atomic E-state index is 11.2. The molecule has 19 N–H and O–H groups in total. The van der Waals surface area contributed by atoms with E-state index in [4.69, 9.17) is 42.6 Å². The van der Waals surface area contributed by atoms with Crippen LogP contribution in [0.25, 0.3) is 0 Å². The van der Waals surface area contributed by atoms with Gasteiger partial charge in [0.05, 0.1) is 70.0 Å². The van der Waals surface area contributed by atoms with Gasteiger partial charge < -0.3 is 140 Å². The second kappa shape index (κ2) is 27.1. The van der Waals surface area contributed by atoms with Crippen LogP contribution in [0, 0.1) is 0 Å². The quantitative estimate of drug-likeness (QED) is 0.0375. The number of hydrogen-bond acceptors (Lipinski definition) is 30. The van der Waals surface area contributed by atoms with E-state index in [-0.39, 0.29) is 31.0 Å². The molecule has 0 spiro atoms. The van der Waals surface area contributed by atoms with Gasteiger partial charge in [0.2, 0.25) is 0 Å². The smallest absolute Gasteiger partial charge is 0.187 e. The molecule has 0 radical (unpaired) electrons. The maximum Gasteiger partial charge on any atom is 0.187 e. The molecule has 1 aliphatic carbocycles. The summed E-state index contributed by atoms with van der Waals surface area (Å²) >= 11 is 2.45. The molecule has 0 amide bonds. The molecule has 0 bridgehead atoms. The highest BCUT2D eigenvalue weighted by Gasteiger charge is 2.54. The summed E-state index contributed by atoms with van der Waals surface area (Å²) in [5.74, 6) is 1.03. The molecule has 0 aromatic heterocycles. The standard InChI is InChI=1S/C41H71NO27S2/c1-13-21(42-16-6-14(8-43)22(48)26(52)23(16)49)25(51)31(57)39(62-13)68-35-19(10-45)65-40(32(58)28(35)54)69-36-20(11-46)66-41(33(59)29(36)55)71-5-3-61-2-4-70-12-15-7-17(47)24(50)38(63-15)67-34-18(9-44)64-37(60)30(56)27(34)53/h6,13,15-60H,2-5,7-12H2,1H3/t13?,15?,16-,17-,18?,19?,20?,21+,22-,23+,24?,25-,26?,27+,28+,29+,30?,31-,32?,33?,34+,35-,36+,37-,38+,39?,40+,41-/m0/s1. The number of nitrogens with one attached hydrogen (secondary N) is 1. The Hall–Kier alpha value is -0.680. The fraction of sp³-hybridized carbons (Fsp3) is 0.951. The number of thioether (sulfide) groups is 2. The molecule has 5 aliphatic heterocycles. The highest BCUT2D eigenvalue weighted by atomic mass is 32.2. The van der Waals surface area contributed by atoms with Gasteiger partial charge in [0.1, 0.15) is 115 Å². The van der Waals surface area contributed by atoms with E-state index in [0.29, 0.717) is 11.5 Å². The van der Waals surface area contributed by atoms with Crippen LogP contribution < -0.4 is 5.32 Å². The topological polar surface area (TPSA) is 459 Å². The van der Waals surface area contributed by atoms with Crippen molar-refractivity contribution in [3.05, 3.63) is 11.6 Å². The van der Waals surface area contributed by atoms with Crippen molar-refractivity contribution in [2.24, 2.45) is 0 Å². The lowest BCUT2D eigenvalue weighted by Gasteiger charge is -2.49. The first-order chi connectivity index (χ1) is 33.8. The van der Waals surface area contributed by atoms with Gasteiger partial charge in [-0.05, 0) is 12.5 Å². The van der Waals surface area contributed by atoms with E-state index in [1.165, 1.54) is 24.8 Å². The molecule has 0 aromatic rings. The minimum absolute atomic E-state index is 0.00479. The molecule has 28 atom stereocenters. The van der Waals surface area contributed by atoms with Gasteiger partial charge in [-0.15, -0.1) is 11.8 Å². The third-order valence-electron chi connectivity index (χ3n) is 13.3. The van der Waals surface area contributed by atoms with E-state index in [2.05, 4.69) is 5.32 Å². The van der Waals surface area contributed by atoms with Crippen LogP contribution in [0.1, 0.15) is 13.3 Å². The minimum atomic E-state index is -1.97. The van der Waals surface area contributed by atoms with E-state index in [1.807, 2.05) is 0 Å². The van der Waals surface area contributed by atoms with Crippen LogP contribution in [-0.2, 0) is 42.6 Å². The molecule has 0 saturated carbocycles. The second-order valence-electron chi connectivity index (χ2n) is 18.2. The lowest BCUT2D eigenvalue weighted by Crippen LogP contribution is -2.68. The van der Waals surface area contributed by atoms with Gasteiger partial charge in [-0.3, -0.25) is 0 Å². The third-order valence-corrected chi connectivity index (χ3v) is 15.5. The fourth-order valence-electron chi connectivity index (χ4n) is 9.12. The molecule has 414 valence electrons. The molecule has 5 saturated heterocycles. The van der Waals surface area contributed by atoms with Crippen LogP contribution in [0.4, 0.5) is 0 Å². The Labute approximate surface area is 415 Å². The number of aliphatic hydroxyl groups is 18. The van der Waals surface area contributed by atoms with Crippen molar-refractivity contribution in [3.63, 3.8) is 0 Å². The van der Waals surface area contributed by atoms with Crippen LogP contribution >= 0.6 is 23.5 Å². The minimum Gasteiger partial charge on any atom is -0.394 e. The molecule has 6 aliphatic rings. The van der Waals surface area contributed by atoms with Crippen LogP contribution in [-0.4, -0.2) is 320 Å². The molecule has 0 aromatic carbocycles. The average molecular weight is 1070 g/mol. The van der Waals surface area contributed by atoms with E-state index in [0.717, 1.165) is 11.8 Å². The molecule has 11 unspecified atom stereocenters. The van der Waals surface area contributed by atoms with Crippen molar-refractivity contribution in [2.75, 3.05) is 56.9 Å². The SMILES string of the molecule is CC1OC(O[C@H]2C(CO)O[C@H](O[C@@H]3C(CO)O[C@@H](SCCOCCSCC4C[C@H](O)C(O)[C@@H](O[C@@H]5C(CO)O[C@H](O)C(O)[C@H]5O)O4)C(O)[C@H]3O)C(O)[C@H]2O)[C@@H](O)[C@@H](O)[C@@H]1N[C@H]1C=C(CO)[C@H](O)C(O)[C@@H]1O. The predicted molar refractivity (Wildman–Crippen MR) is 236 cm³/mol. The van der Waals surface area contributed by atoms with Gasteiger partial charge in [0, 0.05) is 23.7 Å². The average Bonchev–Trinajstić information content (AvgIpc) is 3.35. The summed E-state index contributed by atoms with van der Waals surface area (Å²) in [4.78, 5) is 0. The Balaban J connectivity index is 0.918. The molecule has 28 nitrogen and oxygen atoms in total. The summed E-state index contributed by atoms with van der Waals surface area (Å²) in [5, 5.41) is 191. The van der Waals surface area contributed by atoms with Crippen molar-refractivity contribution < 1.29 is 135 Å². The number of aliphatic hydroxyl groups excluding tert-OH is 18. The van der Waals surface area contributed by atoms with E-state index in [9.17, 15) is 91.9 Å². The predicted octanol–water partition coefficient (Wildman–Crippen LogP) is -10.4. The van der Waals surface area contributed by atoms with Crippen molar-refractivity contribution in [2.45, 2.75) is 184 Å². The number of rotatable bonds is 21. The zero-order valence-electron chi connectivity index (χ0n) is 38.4. The lowest BCUT2D eigenvalue weighted by atomic mass is 9.86. The lowest BCUT2D eigenvalue weighted by molar-refractivity contribution is -0.366. The van der Waals surface area contributed by atoms with Gasteiger partial charge >= 0.3 is 0 Å². The molecule has 71 heavy (non-hydrogen) atoms. The number of hydrogen-bond donors (Lipinski definition) is 19. The van der Waals surface area contributed by atoms with Crippen molar-refractivity contribution in [1.29, 1.82) is 0 Å². The Bertz CT molecular complexity index is 1630. The van der Waals surface area contributed by atoms with Gasteiger partial charge in [0.25, 0.3) is 0 Å². The van der Waals surface area contributed by atoms with Gasteiger partial charge in [-0.1, -0.05) is 6.08 Å². The Kier molecular flexibility index (Phi) is 22.7. The molecular formula is C41H71NO27S2. The Morgan fingerprint density at radius 3 is 1.72 bits per heavy atom. The molecule has 30 heteroatoms. The zero-order chi connectivity index (χ0) is 52.0. The first-order valence-corrected chi connectivity index (χ1v) is 25.4. The van der Waals surface area contributed by atoms with E-state index in [1.54, 1.807) is 0 Å². The summed E-state index contributed by atoms with van der Waals surface area (Å²) in [5.41, 5.74) is -1.09. The highest BCUT2D eigenvalue weighted by molar-refractivity contribution is 7.99.